The second-order valence-electron chi connectivity index (χ2n) is 5.56. The van der Waals surface area contributed by atoms with Gasteiger partial charge in [-0.3, -0.25) is 14.5 Å². The Morgan fingerprint density at radius 2 is 1.79 bits per heavy atom. The summed E-state index contributed by atoms with van der Waals surface area (Å²) in [5.74, 6) is -0.699. The Hall–Kier alpha value is -2.37. The normalized spacial score (nSPS) is 10.6. The highest BCUT2D eigenvalue weighted by atomic mass is 35.5. The van der Waals surface area contributed by atoms with E-state index < -0.39 is 5.91 Å². The lowest BCUT2D eigenvalue weighted by molar-refractivity contribution is -0.121. The number of carbonyl (C=O) groups excluding carboxylic acids is 2. The van der Waals surface area contributed by atoms with Crippen LogP contribution >= 0.6 is 11.6 Å². The first-order chi connectivity index (χ1) is 11.5. The molecule has 3 N–H and O–H groups in total. The number of nitrogens with zero attached hydrogens (tertiary/aromatic N) is 1. The minimum Gasteiger partial charge on any atom is -0.369 e. The molecule has 2 amide bonds. The van der Waals surface area contributed by atoms with Gasteiger partial charge in [-0.1, -0.05) is 48.0 Å². The Morgan fingerprint density at radius 1 is 1.08 bits per heavy atom. The number of nitrogens with one attached hydrogen (secondary N) is 1. The SMILES string of the molecule is Cc1c(Cl)cccc1NC(=O)CN(CC(N)=O)Cc1ccccc1. The molecule has 0 heterocycles. The van der Waals surface area contributed by atoms with Crippen LogP contribution in [-0.2, 0) is 16.1 Å². The van der Waals surface area contributed by atoms with Crippen molar-refractivity contribution < 1.29 is 9.59 Å². The van der Waals surface area contributed by atoms with Crippen LogP contribution in [0.5, 0.6) is 0 Å². The van der Waals surface area contributed by atoms with Gasteiger partial charge in [0.05, 0.1) is 13.1 Å². The number of carbonyl (C=O) groups is 2. The third-order valence-corrected chi connectivity index (χ3v) is 3.95. The lowest BCUT2D eigenvalue weighted by Crippen LogP contribution is -2.38. The van der Waals surface area contributed by atoms with Crippen molar-refractivity contribution in [2.75, 3.05) is 18.4 Å². The van der Waals surface area contributed by atoms with E-state index >= 15 is 0 Å². The van der Waals surface area contributed by atoms with Crippen molar-refractivity contribution in [3.8, 4) is 0 Å². The topological polar surface area (TPSA) is 75.4 Å². The summed E-state index contributed by atoms with van der Waals surface area (Å²) in [4.78, 5) is 25.3. The molecule has 2 aromatic carbocycles. The summed E-state index contributed by atoms with van der Waals surface area (Å²) < 4.78 is 0. The molecule has 0 bridgehead atoms. The number of halogens is 1. The minimum absolute atomic E-state index is 0.0108. The van der Waals surface area contributed by atoms with Crippen molar-refractivity contribution in [1.29, 1.82) is 0 Å². The molecule has 0 unspecified atom stereocenters. The molecule has 6 heteroatoms. The van der Waals surface area contributed by atoms with E-state index in [4.69, 9.17) is 17.3 Å². The fourth-order valence-electron chi connectivity index (χ4n) is 2.37. The van der Waals surface area contributed by atoms with Crippen molar-refractivity contribution in [3.05, 3.63) is 64.7 Å². The lowest BCUT2D eigenvalue weighted by Gasteiger charge is -2.20. The van der Waals surface area contributed by atoms with E-state index in [0.717, 1.165) is 11.1 Å². The van der Waals surface area contributed by atoms with Gasteiger partial charge in [-0.15, -0.1) is 0 Å². The van der Waals surface area contributed by atoms with Gasteiger partial charge in [-0.2, -0.15) is 0 Å². The zero-order chi connectivity index (χ0) is 17.5. The van der Waals surface area contributed by atoms with Gasteiger partial charge in [0, 0.05) is 17.3 Å². The van der Waals surface area contributed by atoms with Crippen LogP contribution in [0, 0.1) is 6.92 Å². The second-order valence-corrected chi connectivity index (χ2v) is 5.96. The Morgan fingerprint density at radius 3 is 2.46 bits per heavy atom. The van der Waals surface area contributed by atoms with E-state index in [1.54, 1.807) is 23.1 Å². The Bertz CT molecular complexity index is 719. The van der Waals surface area contributed by atoms with Crippen molar-refractivity contribution in [2.24, 2.45) is 5.73 Å². The third-order valence-electron chi connectivity index (χ3n) is 3.54. The zero-order valence-electron chi connectivity index (χ0n) is 13.5. The molecule has 2 rings (SSSR count). The van der Waals surface area contributed by atoms with Gasteiger partial charge in [-0.25, -0.2) is 0 Å². The number of rotatable bonds is 7. The first kappa shape index (κ1) is 18.0. The van der Waals surface area contributed by atoms with Gasteiger partial charge in [0.2, 0.25) is 11.8 Å². The molecule has 0 atom stereocenters. The monoisotopic (exact) mass is 345 g/mol. The molecule has 0 fully saturated rings. The summed E-state index contributed by atoms with van der Waals surface area (Å²) in [5.41, 5.74) is 7.76. The van der Waals surface area contributed by atoms with Crippen LogP contribution in [0.1, 0.15) is 11.1 Å². The molecular weight excluding hydrogens is 326 g/mol. The summed E-state index contributed by atoms with van der Waals surface area (Å²) in [6.07, 6.45) is 0. The molecule has 0 radical (unpaired) electrons. The summed E-state index contributed by atoms with van der Waals surface area (Å²) in [6, 6.07) is 14.9. The standard InChI is InChI=1S/C18H20ClN3O2/c1-13-15(19)8-5-9-16(13)21-18(24)12-22(11-17(20)23)10-14-6-3-2-4-7-14/h2-9H,10-12H2,1H3,(H2,20,23)(H,21,24). The summed E-state index contributed by atoms with van der Waals surface area (Å²) in [6.45, 7) is 2.37. The Balaban J connectivity index is 2.04. The number of hydrogen-bond donors (Lipinski definition) is 2. The van der Waals surface area contributed by atoms with Gasteiger partial charge in [0.1, 0.15) is 0 Å². The van der Waals surface area contributed by atoms with Crippen LogP contribution < -0.4 is 11.1 Å². The highest BCUT2D eigenvalue weighted by Crippen LogP contribution is 2.22. The first-order valence-electron chi connectivity index (χ1n) is 7.55. The molecule has 0 aliphatic rings. The van der Waals surface area contributed by atoms with Crippen molar-refractivity contribution in [1.82, 2.24) is 4.90 Å². The summed E-state index contributed by atoms with van der Waals surface area (Å²) >= 11 is 6.06. The smallest absolute Gasteiger partial charge is 0.238 e. The van der Waals surface area contributed by atoms with E-state index in [9.17, 15) is 9.59 Å². The van der Waals surface area contributed by atoms with Gasteiger partial charge >= 0.3 is 0 Å². The highest BCUT2D eigenvalue weighted by Gasteiger charge is 2.15. The van der Waals surface area contributed by atoms with Crippen molar-refractivity contribution in [3.63, 3.8) is 0 Å². The van der Waals surface area contributed by atoms with Gasteiger partial charge < -0.3 is 11.1 Å². The van der Waals surface area contributed by atoms with Gasteiger partial charge in [-0.05, 0) is 30.2 Å². The summed E-state index contributed by atoms with van der Waals surface area (Å²) in [7, 11) is 0. The van der Waals surface area contributed by atoms with Gasteiger partial charge in [0.25, 0.3) is 0 Å². The number of nitrogens with two attached hydrogens (primary N) is 1. The molecule has 0 aliphatic heterocycles. The number of anilines is 1. The molecule has 0 saturated heterocycles. The van der Waals surface area contributed by atoms with Crippen LogP contribution in [-0.4, -0.2) is 29.8 Å². The van der Waals surface area contributed by atoms with E-state index in [1.807, 2.05) is 37.3 Å². The van der Waals surface area contributed by atoms with Crippen LogP contribution in [0.15, 0.2) is 48.5 Å². The molecule has 126 valence electrons. The molecule has 5 nitrogen and oxygen atoms in total. The number of primary amides is 1. The van der Waals surface area contributed by atoms with Gasteiger partial charge in [0.15, 0.2) is 0 Å². The quantitative estimate of drug-likeness (QED) is 0.809. The zero-order valence-corrected chi connectivity index (χ0v) is 14.2. The van der Waals surface area contributed by atoms with E-state index in [-0.39, 0.29) is 19.0 Å². The fourth-order valence-corrected chi connectivity index (χ4v) is 2.54. The molecule has 0 aromatic heterocycles. The minimum atomic E-state index is -0.474. The first-order valence-corrected chi connectivity index (χ1v) is 7.93. The maximum atomic E-state index is 12.3. The van der Waals surface area contributed by atoms with E-state index in [1.165, 1.54) is 0 Å². The Labute approximate surface area is 146 Å². The molecule has 0 aliphatic carbocycles. The number of hydrogen-bond acceptors (Lipinski definition) is 3. The van der Waals surface area contributed by atoms with E-state index in [0.29, 0.717) is 17.3 Å². The van der Waals surface area contributed by atoms with Crippen LogP contribution in [0.25, 0.3) is 0 Å². The second kappa shape index (κ2) is 8.47. The molecule has 0 spiro atoms. The highest BCUT2D eigenvalue weighted by molar-refractivity contribution is 6.31. The molecule has 24 heavy (non-hydrogen) atoms. The maximum Gasteiger partial charge on any atom is 0.238 e. The predicted octanol–water partition coefficient (Wildman–Crippen LogP) is 2.57. The van der Waals surface area contributed by atoms with Crippen molar-refractivity contribution >= 4 is 29.1 Å². The predicted molar refractivity (Wildman–Crippen MR) is 95.7 cm³/mol. The van der Waals surface area contributed by atoms with E-state index in [2.05, 4.69) is 5.32 Å². The average molecular weight is 346 g/mol. The molecular formula is C18H20ClN3O2. The summed E-state index contributed by atoms with van der Waals surface area (Å²) in [5, 5.41) is 3.41. The van der Waals surface area contributed by atoms with Crippen LogP contribution in [0.3, 0.4) is 0 Å². The molecule has 0 saturated carbocycles. The fraction of sp³-hybridized carbons (Fsp3) is 0.222. The number of amides is 2. The third kappa shape index (κ3) is 5.37. The lowest BCUT2D eigenvalue weighted by atomic mass is 10.2. The average Bonchev–Trinajstić information content (AvgIpc) is 2.52. The number of benzene rings is 2. The maximum absolute atomic E-state index is 12.3. The molecule has 2 aromatic rings. The largest absolute Gasteiger partial charge is 0.369 e. The van der Waals surface area contributed by atoms with Crippen molar-refractivity contribution in [2.45, 2.75) is 13.5 Å². The Kier molecular flexibility index (Phi) is 6.35. The van der Waals surface area contributed by atoms with Crippen LogP contribution in [0.2, 0.25) is 5.02 Å². The van der Waals surface area contributed by atoms with Crippen LogP contribution in [0.4, 0.5) is 5.69 Å².